The minimum atomic E-state index is 0.423. The van der Waals surface area contributed by atoms with E-state index in [2.05, 4.69) is 15.5 Å². The molecule has 1 aromatic heterocycles. The third-order valence-corrected chi connectivity index (χ3v) is 4.05. The molecule has 0 radical (unpaired) electrons. The predicted octanol–water partition coefficient (Wildman–Crippen LogP) is 5.79. The van der Waals surface area contributed by atoms with Crippen LogP contribution >= 0.6 is 11.6 Å². The molecule has 4 aromatic rings. The molecule has 0 saturated carbocycles. The number of hydrogen-bond acceptors (Lipinski definition) is 5. The van der Waals surface area contributed by atoms with Crippen LogP contribution in [-0.2, 0) is 6.54 Å². The standard InChI is InChI=1S/C21H16ClN3O2/c22-16-6-4-5-15(13-16)21-25-24-20(27-21)14-23-17-9-11-19(12-10-17)26-18-7-2-1-3-8-18/h1-13,23H,14H2. The molecule has 0 fully saturated rings. The maximum Gasteiger partial charge on any atom is 0.247 e. The molecule has 1 N–H and O–H groups in total. The molecule has 4 rings (SSSR count). The van der Waals surface area contributed by atoms with E-state index in [1.165, 1.54) is 0 Å². The molecule has 0 aliphatic carbocycles. The lowest BCUT2D eigenvalue weighted by atomic mass is 10.2. The predicted molar refractivity (Wildman–Crippen MR) is 105 cm³/mol. The SMILES string of the molecule is Clc1cccc(-c2nnc(CNc3ccc(Oc4ccccc4)cc3)o2)c1. The van der Waals surface area contributed by atoms with Crippen molar-refractivity contribution in [2.75, 3.05) is 5.32 Å². The maximum atomic E-state index is 5.99. The fourth-order valence-electron chi connectivity index (χ4n) is 2.51. The highest BCUT2D eigenvalue weighted by Crippen LogP contribution is 2.24. The number of nitrogens with zero attached hydrogens (tertiary/aromatic N) is 2. The molecule has 1 heterocycles. The van der Waals surface area contributed by atoms with E-state index >= 15 is 0 Å². The van der Waals surface area contributed by atoms with E-state index in [1.54, 1.807) is 12.1 Å². The molecule has 0 amide bonds. The number of rotatable bonds is 6. The van der Waals surface area contributed by atoms with Crippen molar-refractivity contribution in [2.24, 2.45) is 0 Å². The van der Waals surface area contributed by atoms with Crippen molar-refractivity contribution in [2.45, 2.75) is 6.54 Å². The summed E-state index contributed by atoms with van der Waals surface area (Å²) in [7, 11) is 0. The summed E-state index contributed by atoms with van der Waals surface area (Å²) in [5, 5.41) is 12.0. The van der Waals surface area contributed by atoms with Crippen molar-refractivity contribution in [1.29, 1.82) is 0 Å². The Bertz CT molecular complexity index is 1020. The molecule has 0 bridgehead atoms. The van der Waals surface area contributed by atoms with Gasteiger partial charge in [-0.05, 0) is 54.6 Å². The minimum absolute atomic E-state index is 0.423. The van der Waals surface area contributed by atoms with Crippen molar-refractivity contribution in [3.05, 3.63) is 89.8 Å². The number of hydrogen-bond donors (Lipinski definition) is 1. The molecule has 134 valence electrons. The van der Waals surface area contributed by atoms with Crippen LogP contribution in [0.1, 0.15) is 5.89 Å². The molecule has 27 heavy (non-hydrogen) atoms. The van der Waals surface area contributed by atoms with Gasteiger partial charge in [0, 0.05) is 16.3 Å². The van der Waals surface area contributed by atoms with Crippen molar-refractivity contribution >= 4 is 17.3 Å². The van der Waals surface area contributed by atoms with Crippen LogP contribution in [0.5, 0.6) is 11.5 Å². The quantitative estimate of drug-likeness (QED) is 0.460. The zero-order valence-corrected chi connectivity index (χ0v) is 15.1. The number of nitrogens with one attached hydrogen (secondary N) is 1. The van der Waals surface area contributed by atoms with Gasteiger partial charge in [-0.3, -0.25) is 0 Å². The second kappa shape index (κ2) is 7.93. The lowest BCUT2D eigenvalue weighted by Gasteiger charge is -2.07. The highest BCUT2D eigenvalue weighted by molar-refractivity contribution is 6.30. The van der Waals surface area contributed by atoms with Crippen LogP contribution in [0.15, 0.2) is 83.3 Å². The number of ether oxygens (including phenoxy) is 1. The normalized spacial score (nSPS) is 10.6. The minimum Gasteiger partial charge on any atom is -0.457 e. The van der Waals surface area contributed by atoms with Crippen LogP contribution in [0.25, 0.3) is 11.5 Å². The van der Waals surface area contributed by atoms with Gasteiger partial charge in [0.25, 0.3) is 0 Å². The van der Waals surface area contributed by atoms with Gasteiger partial charge >= 0.3 is 0 Å². The molecule has 0 spiro atoms. The van der Waals surface area contributed by atoms with E-state index < -0.39 is 0 Å². The molecule has 5 nitrogen and oxygen atoms in total. The van der Waals surface area contributed by atoms with E-state index in [0.717, 1.165) is 22.7 Å². The van der Waals surface area contributed by atoms with Crippen LogP contribution in [0, 0.1) is 0 Å². The van der Waals surface area contributed by atoms with Crippen LogP contribution in [0.4, 0.5) is 5.69 Å². The van der Waals surface area contributed by atoms with Gasteiger partial charge in [0.2, 0.25) is 11.8 Å². The summed E-state index contributed by atoms with van der Waals surface area (Å²) in [6, 6.07) is 24.7. The summed E-state index contributed by atoms with van der Waals surface area (Å²) in [5.74, 6) is 2.51. The molecule has 0 saturated heterocycles. The first-order chi connectivity index (χ1) is 13.3. The summed E-state index contributed by atoms with van der Waals surface area (Å²) in [6.45, 7) is 0.423. The zero-order valence-electron chi connectivity index (χ0n) is 14.3. The largest absolute Gasteiger partial charge is 0.457 e. The lowest BCUT2D eigenvalue weighted by molar-refractivity contribution is 0.483. The zero-order chi connectivity index (χ0) is 18.5. The third kappa shape index (κ3) is 4.46. The van der Waals surface area contributed by atoms with Gasteiger partial charge in [-0.1, -0.05) is 35.9 Å². The first-order valence-electron chi connectivity index (χ1n) is 8.41. The Labute approximate surface area is 161 Å². The third-order valence-electron chi connectivity index (χ3n) is 3.82. The average Bonchev–Trinajstić information content (AvgIpc) is 3.17. The smallest absolute Gasteiger partial charge is 0.247 e. The Hall–Kier alpha value is -3.31. The van der Waals surface area contributed by atoms with E-state index in [4.69, 9.17) is 20.8 Å². The number of para-hydroxylation sites is 1. The van der Waals surface area contributed by atoms with Gasteiger partial charge < -0.3 is 14.5 Å². The molecule has 0 atom stereocenters. The van der Waals surface area contributed by atoms with Crippen molar-refractivity contribution in [1.82, 2.24) is 10.2 Å². The number of aromatic nitrogens is 2. The summed E-state index contributed by atoms with van der Waals surface area (Å²) < 4.78 is 11.5. The molecular weight excluding hydrogens is 362 g/mol. The summed E-state index contributed by atoms with van der Waals surface area (Å²) in [5.41, 5.74) is 1.72. The van der Waals surface area contributed by atoms with Gasteiger partial charge in [0.15, 0.2) is 0 Å². The molecule has 0 aliphatic rings. The molecule has 6 heteroatoms. The van der Waals surface area contributed by atoms with Gasteiger partial charge in [-0.25, -0.2) is 0 Å². The molecule has 3 aromatic carbocycles. The highest BCUT2D eigenvalue weighted by Gasteiger charge is 2.09. The van der Waals surface area contributed by atoms with Crippen LogP contribution < -0.4 is 10.1 Å². The van der Waals surface area contributed by atoms with Crippen LogP contribution in [-0.4, -0.2) is 10.2 Å². The first-order valence-corrected chi connectivity index (χ1v) is 8.79. The summed E-state index contributed by atoms with van der Waals surface area (Å²) >= 11 is 5.99. The van der Waals surface area contributed by atoms with Gasteiger partial charge in [-0.2, -0.15) is 0 Å². The highest BCUT2D eigenvalue weighted by atomic mass is 35.5. The summed E-state index contributed by atoms with van der Waals surface area (Å²) in [4.78, 5) is 0. The number of halogens is 1. The van der Waals surface area contributed by atoms with E-state index in [-0.39, 0.29) is 0 Å². The van der Waals surface area contributed by atoms with Crippen molar-refractivity contribution in [3.63, 3.8) is 0 Å². The Morgan fingerprint density at radius 3 is 2.41 bits per heavy atom. The topological polar surface area (TPSA) is 60.2 Å². The molecular formula is C21H16ClN3O2. The Morgan fingerprint density at radius 1 is 0.852 bits per heavy atom. The van der Waals surface area contributed by atoms with E-state index in [9.17, 15) is 0 Å². The first kappa shape index (κ1) is 17.1. The fraction of sp³-hybridized carbons (Fsp3) is 0.0476. The van der Waals surface area contributed by atoms with Crippen molar-refractivity contribution in [3.8, 4) is 23.0 Å². The number of benzene rings is 3. The van der Waals surface area contributed by atoms with Crippen molar-refractivity contribution < 1.29 is 9.15 Å². The van der Waals surface area contributed by atoms with Gasteiger partial charge in [0.1, 0.15) is 11.5 Å². The van der Waals surface area contributed by atoms with Crippen LogP contribution in [0.3, 0.4) is 0 Å². The summed E-state index contributed by atoms with van der Waals surface area (Å²) in [6.07, 6.45) is 0. The van der Waals surface area contributed by atoms with Gasteiger partial charge in [-0.15, -0.1) is 10.2 Å². The van der Waals surface area contributed by atoms with Crippen LogP contribution in [0.2, 0.25) is 5.02 Å². The van der Waals surface area contributed by atoms with E-state index in [0.29, 0.717) is 23.3 Å². The second-order valence-corrected chi connectivity index (χ2v) is 6.24. The Balaban J connectivity index is 1.36. The second-order valence-electron chi connectivity index (χ2n) is 5.80. The lowest BCUT2D eigenvalue weighted by Crippen LogP contribution is -1.99. The van der Waals surface area contributed by atoms with E-state index in [1.807, 2.05) is 66.7 Å². The Morgan fingerprint density at radius 2 is 1.63 bits per heavy atom. The van der Waals surface area contributed by atoms with Gasteiger partial charge in [0.05, 0.1) is 6.54 Å². The molecule has 0 unspecified atom stereocenters. The molecule has 0 aliphatic heterocycles. The number of anilines is 1. The monoisotopic (exact) mass is 377 g/mol. The maximum absolute atomic E-state index is 5.99. The average molecular weight is 378 g/mol. The fourth-order valence-corrected chi connectivity index (χ4v) is 2.70. The Kier molecular flexibility index (Phi) is 5.03.